The van der Waals surface area contributed by atoms with Crippen LogP contribution in [-0.2, 0) is 26.6 Å². The fourth-order valence-electron chi connectivity index (χ4n) is 5.60. The average Bonchev–Trinajstić information content (AvgIpc) is 3.29. The molecule has 0 saturated carbocycles. The number of nitrogens with one attached hydrogen (secondary N) is 1. The van der Waals surface area contributed by atoms with Gasteiger partial charge in [0.1, 0.15) is 11.9 Å². The van der Waals surface area contributed by atoms with E-state index in [0.717, 1.165) is 41.2 Å². The predicted octanol–water partition coefficient (Wildman–Crippen LogP) is 5.86. The van der Waals surface area contributed by atoms with Crippen LogP contribution in [0.1, 0.15) is 27.7 Å². The van der Waals surface area contributed by atoms with Gasteiger partial charge in [-0.05, 0) is 19.2 Å². The lowest BCUT2D eigenvalue weighted by Gasteiger charge is -2.34. The smallest absolute Gasteiger partial charge is 0.291 e. The number of halogens is 3. The molecule has 0 aliphatic carbocycles. The van der Waals surface area contributed by atoms with Crippen molar-refractivity contribution in [3.63, 3.8) is 0 Å². The third kappa shape index (κ3) is 5.38. The molecule has 2 aliphatic heterocycles. The number of imidazole rings is 1. The van der Waals surface area contributed by atoms with Gasteiger partial charge in [0, 0.05) is 80.3 Å². The summed E-state index contributed by atoms with van der Waals surface area (Å²) in [5.41, 5.74) is 6.14. The fraction of sp³-hybridized carbons (Fsp3) is 0.323. The summed E-state index contributed by atoms with van der Waals surface area (Å²) in [5, 5.41) is 3.81. The molecule has 1 N–H and O–H groups in total. The van der Waals surface area contributed by atoms with Crippen LogP contribution in [0.3, 0.4) is 0 Å². The maximum atomic E-state index is 13.3. The number of hydrogen-bond donors (Lipinski definition) is 1. The Hall–Kier alpha value is -3.50. The van der Waals surface area contributed by atoms with Gasteiger partial charge in [-0.3, -0.25) is 14.7 Å². The lowest BCUT2D eigenvalue weighted by molar-refractivity contribution is 0.0573. The molecular weight excluding hydrogens is 578 g/mol. The molecule has 218 valence electrons. The number of hydrogen-bond acceptors (Lipinski definition) is 6. The van der Waals surface area contributed by atoms with E-state index in [1.165, 1.54) is 0 Å². The second-order valence-electron chi connectivity index (χ2n) is 10.8. The maximum Gasteiger partial charge on any atom is 0.291 e. The highest BCUT2D eigenvalue weighted by Gasteiger charge is 2.28. The number of anilines is 1. The quantitative estimate of drug-likeness (QED) is 0.283. The number of aromatic nitrogens is 3. The van der Waals surface area contributed by atoms with Crippen molar-refractivity contribution in [3.05, 3.63) is 81.6 Å². The topological polar surface area (TPSA) is 75.5 Å². The molecular formula is C31H31Cl2FN6O2. The molecule has 1 fully saturated rings. The van der Waals surface area contributed by atoms with E-state index in [2.05, 4.69) is 20.2 Å². The Balaban J connectivity index is 1.27. The zero-order valence-electron chi connectivity index (χ0n) is 23.6. The van der Waals surface area contributed by atoms with Crippen LogP contribution in [0.25, 0.3) is 22.3 Å². The molecule has 4 heterocycles. The first-order valence-corrected chi connectivity index (χ1v) is 14.5. The van der Waals surface area contributed by atoms with Crippen molar-refractivity contribution in [2.24, 2.45) is 7.05 Å². The van der Waals surface area contributed by atoms with Crippen molar-refractivity contribution in [1.82, 2.24) is 24.3 Å². The van der Waals surface area contributed by atoms with Gasteiger partial charge in [0.25, 0.3) is 5.91 Å². The Kier molecular flexibility index (Phi) is 7.93. The molecule has 1 amide bonds. The summed E-state index contributed by atoms with van der Waals surface area (Å²) in [6.45, 7) is 2.96. The molecule has 0 bridgehead atoms. The van der Waals surface area contributed by atoms with Gasteiger partial charge in [-0.15, -0.1) is 0 Å². The molecule has 0 radical (unpaired) electrons. The van der Waals surface area contributed by atoms with Crippen LogP contribution in [0, 0.1) is 0 Å². The first kappa shape index (κ1) is 28.6. The lowest BCUT2D eigenvalue weighted by atomic mass is 9.98. The minimum atomic E-state index is -0.780. The molecule has 6 rings (SSSR count). The van der Waals surface area contributed by atoms with Gasteiger partial charge in [0.2, 0.25) is 0 Å². The molecule has 1 saturated heterocycles. The summed E-state index contributed by atoms with van der Waals surface area (Å²) in [7, 11) is 5.51. The van der Waals surface area contributed by atoms with Crippen molar-refractivity contribution in [1.29, 1.82) is 0 Å². The van der Waals surface area contributed by atoms with Crippen LogP contribution in [0.15, 0.2) is 48.7 Å². The minimum absolute atomic E-state index is 0.327. The van der Waals surface area contributed by atoms with E-state index in [9.17, 15) is 9.18 Å². The zero-order valence-corrected chi connectivity index (χ0v) is 25.1. The third-order valence-corrected chi connectivity index (χ3v) is 8.75. The Morgan fingerprint density at radius 3 is 2.55 bits per heavy atom. The van der Waals surface area contributed by atoms with Crippen LogP contribution in [0.2, 0.25) is 10.0 Å². The number of nitrogens with zero attached hydrogens (tertiary/aromatic N) is 5. The van der Waals surface area contributed by atoms with Crippen molar-refractivity contribution in [2.45, 2.75) is 25.7 Å². The van der Waals surface area contributed by atoms with Crippen LogP contribution >= 0.6 is 23.2 Å². The maximum absolute atomic E-state index is 13.3. The van der Waals surface area contributed by atoms with Crippen molar-refractivity contribution in [2.75, 3.05) is 39.1 Å². The first-order chi connectivity index (χ1) is 20.2. The monoisotopic (exact) mass is 608 g/mol. The van der Waals surface area contributed by atoms with Gasteiger partial charge in [0.15, 0.2) is 5.82 Å². The number of carbonyl (C=O) groups excluding carboxylic acids is 1. The fourth-order valence-corrected chi connectivity index (χ4v) is 6.22. The second-order valence-corrected chi connectivity index (χ2v) is 11.6. The molecule has 42 heavy (non-hydrogen) atoms. The lowest BCUT2D eigenvalue weighted by Crippen LogP contribution is -2.47. The molecule has 0 spiro atoms. The molecule has 0 atom stereocenters. The van der Waals surface area contributed by atoms with Crippen molar-refractivity contribution < 1.29 is 13.9 Å². The van der Waals surface area contributed by atoms with E-state index in [0.29, 0.717) is 64.6 Å². The SMILES string of the molecule is COc1cc(-c2cccc(-c3cccc(NC(=O)c4nc5c(n4C)CCN(C)C5)c3Cl)c2Cl)cnc1CN1CC(F)C1. The van der Waals surface area contributed by atoms with Crippen LogP contribution in [0.5, 0.6) is 5.75 Å². The Morgan fingerprint density at radius 2 is 1.81 bits per heavy atom. The molecule has 11 heteroatoms. The van der Waals surface area contributed by atoms with E-state index >= 15 is 0 Å². The predicted molar refractivity (Wildman–Crippen MR) is 163 cm³/mol. The first-order valence-electron chi connectivity index (χ1n) is 13.7. The van der Waals surface area contributed by atoms with E-state index in [4.69, 9.17) is 27.9 Å². The molecule has 2 aromatic carbocycles. The molecule has 2 aliphatic rings. The van der Waals surface area contributed by atoms with Crippen LogP contribution < -0.4 is 10.1 Å². The molecule has 4 aromatic rings. The van der Waals surface area contributed by atoms with Gasteiger partial charge < -0.3 is 19.5 Å². The summed E-state index contributed by atoms with van der Waals surface area (Å²) < 4.78 is 20.8. The number of fused-ring (bicyclic) bond motifs is 1. The van der Waals surface area contributed by atoms with Gasteiger partial charge in [-0.1, -0.05) is 53.5 Å². The number of carbonyl (C=O) groups is 1. The minimum Gasteiger partial charge on any atom is -0.495 e. The highest BCUT2D eigenvalue weighted by molar-refractivity contribution is 6.39. The highest BCUT2D eigenvalue weighted by atomic mass is 35.5. The number of benzene rings is 2. The van der Waals surface area contributed by atoms with Gasteiger partial charge in [-0.25, -0.2) is 9.37 Å². The number of likely N-dealkylation sites (N-methyl/N-ethyl adjacent to an activating group) is 1. The number of likely N-dealkylation sites (tertiary alicyclic amines) is 1. The molecule has 0 unspecified atom stereocenters. The largest absolute Gasteiger partial charge is 0.495 e. The Morgan fingerprint density at radius 1 is 1.10 bits per heavy atom. The summed E-state index contributed by atoms with van der Waals surface area (Å²) in [6.07, 6.45) is 1.81. The van der Waals surface area contributed by atoms with E-state index in [1.54, 1.807) is 19.4 Å². The summed E-state index contributed by atoms with van der Waals surface area (Å²) in [6, 6.07) is 13.0. The van der Waals surface area contributed by atoms with Crippen molar-refractivity contribution in [3.8, 4) is 28.0 Å². The van der Waals surface area contributed by atoms with Crippen LogP contribution in [-0.4, -0.2) is 70.2 Å². The molecule has 2 aromatic heterocycles. The number of ether oxygens (including phenoxy) is 1. The normalized spacial score (nSPS) is 15.8. The summed E-state index contributed by atoms with van der Waals surface area (Å²) in [4.78, 5) is 26.7. The summed E-state index contributed by atoms with van der Waals surface area (Å²) in [5.74, 6) is 0.633. The van der Waals surface area contributed by atoms with Gasteiger partial charge in [0.05, 0.1) is 34.2 Å². The second kappa shape index (κ2) is 11.6. The Labute approximate surface area is 254 Å². The van der Waals surface area contributed by atoms with Gasteiger partial charge >= 0.3 is 0 Å². The van der Waals surface area contributed by atoms with E-state index in [-0.39, 0.29) is 5.91 Å². The zero-order chi connectivity index (χ0) is 29.5. The van der Waals surface area contributed by atoms with Crippen LogP contribution in [0.4, 0.5) is 10.1 Å². The number of pyridine rings is 1. The number of amides is 1. The number of rotatable bonds is 7. The van der Waals surface area contributed by atoms with E-state index < -0.39 is 6.17 Å². The average molecular weight is 610 g/mol. The standard InChI is InChI=1S/C31H31Cl2FN6O2/c1-38-11-10-26-24(16-38)36-30(39(26)2)31(41)37-23-9-5-8-22(29(23)33)21-7-4-6-20(28(21)32)18-12-27(42-3)25(35-13-18)17-40-14-19(34)15-40/h4-9,12-13,19H,10-11,14-17H2,1-3H3,(H,37,41). The highest BCUT2D eigenvalue weighted by Crippen LogP contribution is 2.42. The molecule has 8 nitrogen and oxygen atoms in total. The van der Waals surface area contributed by atoms with Gasteiger partial charge in [-0.2, -0.15) is 0 Å². The number of alkyl halides is 1. The third-order valence-electron chi connectivity index (χ3n) is 7.93. The number of methoxy groups -OCH3 is 1. The summed E-state index contributed by atoms with van der Waals surface area (Å²) >= 11 is 13.9. The van der Waals surface area contributed by atoms with E-state index in [1.807, 2.05) is 60.0 Å². The van der Waals surface area contributed by atoms with Crippen molar-refractivity contribution >= 4 is 34.8 Å². The Bertz CT molecular complexity index is 1670.